The van der Waals surface area contributed by atoms with Crippen LogP contribution in [0.1, 0.15) is 44.6 Å². The van der Waals surface area contributed by atoms with Crippen molar-refractivity contribution in [3.63, 3.8) is 0 Å². The summed E-state index contributed by atoms with van der Waals surface area (Å²) in [6.07, 6.45) is 6.81. The molecule has 8 nitrogen and oxygen atoms in total. The van der Waals surface area contributed by atoms with E-state index < -0.39 is 17.7 Å². The minimum Gasteiger partial charge on any atom is -0.370 e. The minimum atomic E-state index is -0.494. The summed E-state index contributed by atoms with van der Waals surface area (Å²) in [5.41, 5.74) is 17.2. The molecule has 1 rings (SSSR count). The lowest BCUT2D eigenvalue weighted by molar-refractivity contribution is -0.134. The molecule has 1 aromatic rings. The van der Waals surface area contributed by atoms with Crippen LogP contribution in [0.2, 0.25) is 0 Å². The number of hydrogen-bond acceptors (Lipinski definition) is 4. The van der Waals surface area contributed by atoms with Gasteiger partial charge in [0.05, 0.1) is 0 Å². The van der Waals surface area contributed by atoms with Crippen molar-refractivity contribution in [1.29, 1.82) is 0 Å². The van der Waals surface area contributed by atoms with Gasteiger partial charge in [-0.25, -0.2) is 0 Å². The van der Waals surface area contributed by atoms with E-state index in [0.717, 1.165) is 18.4 Å². The number of unbranched alkanes of at least 4 members (excludes halogenated alkanes) is 1. The second-order valence-electron chi connectivity index (χ2n) is 6.28. The van der Waals surface area contributed by atoms with Crippen molar-refractivity contribution in [2.45, 2.75) is 45.6 Å². The second-order valence-corrected chi connectivity index (χ2v) is 6.28. The molecule has 7 N–H and O–H groups in total. The molecule has 0 spiro atoms. The van der Waals surface area contributed by atoms with Crippen molar-refractivity contribution >= 4 is 17.8 Å². The second kappa shape index (κ2) is 11.8. The Kier molecular flexibility index (Phi) is 9.74. The van der Waals surface area contributed by atoms with Crippen molar-refractivity contribution in [1.82, 2.24) is 10.3 Å². The van der Waals surface area contributed by atoms with Crippen molar-refractivity contribution in [2.24, 2.45) is 34.0 Å². The predicted molar refractivity (Wildman–Crippen MR) is 102 cm³/mol. The molecule has 0 aliphatic rings. The molecule has 1 heterocycles. The van der Waals surface area contributed by atoms with Gasteiger partial charge in [-0.15, -0.1) is 0 Å². The average molecular weight is 362 g/mol. The van der Waals surface area contributed by atoms with Gasteiger partial charge in [-0.05, 0) is 37.0 Å². The molecule has 8 heteroatoms. The van der Waals surface area contributed by atoms with Crippen molar-refractivity contribution in [3.05, 3.63) is 30.1 Å². The lowest BCUT2D eigenvalue weighted by atomic mass is 9.83. The van der Waals surface area contributed by atoms with Crippen molar-refractivity contribution < 1.29 is 9.59 Å². The number of guanidine groups is 1. The van der Waals surface area contributed by atoms with Gasteiger partial charge >= 0.3 is 0 Å². The van der Waals surface area contributed by atoms with E-state index in [0.29, 0.717) is 32.4 Å². The third-order valence-electron chi connectivity index (χ3n) is 4.24. The van der Waals surface area contributed by atoms with Gasteiger partial charge in [0.25, 0.3) is 0 Å². The highest BCUT2D eigenvalue weighted by atomic mass is 16.2. The van der Waals surface area contributed by atoms with E-state index in [1.807, 2.05) is 19.1 Å². The Balaban J connectivity index is 2.77. The van der Waals surface area contributed by atoms with Crippen LogP contribution in [0.4, 0.5) is 0 Å². The van der Waals surface area contributed by atoms with Crippen LogP contribution in [-0.4, -0.2) is 29.3 Å². The largest absolute Gasteiger partial charge is 0.370 e. The molecule has 0 radical (unpaired) electrons. The number of primary amides is 1. The number of pyridine rings is 1. The van der Waals surface area contributed by atoms with Crippen LogP contribution >= 0.6 is 0 Å². The number of aromatic nitrogens is 1. The molecule has 0 saturated carbocycles. The fourth-order valence-electron chi connectivity index (χ4n) is 2.82. The summed E-state index contributed by atoms with van der Waals surface area (Å²) in [4.78, 5) is 32.6. The highest BCUT2D eigenvalue weighted by Gasteiger charge is 2.31. The zero-order valence-corrected chi connectivity index (χ0v) is 15.4. The summed E-state index contributed by atoms with van der Waals surface area (Å²) in [6.45, 7) is 2.83. The maximum absolute atomic E-state index is 12.7. The molecule has 0 aliphatic carbocycles. The highest BCUT2D eigenvalue weighted by molar-refractivity contribution is 5.86. The van der Waals surface area contributed by atoms with Gasteiger partial charge in [-0.1, -0.05) is 19.8 Å². The molecule has 1 unspecified atom stereocenters. The molecule has 144 valence electrons. The molecule has 2 atom stereocenters. The van der Waals surface area contributed by atoms with E-state index in [1.54, 1.807) is 12.4 Å². The summed E-state index contributed by atoms with van der Waals surface area (Å²) < 4.78 is 0. The minimum absolute atomic E-state index is 0.0149. The van der Waals surface area contributed by atoms with E-state index in [2.05, 4.69) is 15.3 Å². The first-order valence-corrected chi connectivity index (χ1v) is 8.97. The van der Waals surface area contributed by atoms with Crippen LogP contribution in [0.15, 0.2) is 29.5 Å². The van der Waals surface area contributed by atoms with Gasteiger partial charge in [0.2, 0.25) is 11.8 Å². The van der Waals surface area contributed by atoms with E-state index >= 15 is 0 Å². The number of amides is 2. The molecule has 2 amide bonds. The number of nitrogens with one attached hydrogen (secondary N) is 1. The van der Waals surface area contributed by atoms with Crippen LogP contribution < -0.4 is 22.5 Å². The smallest absolute Gasteiger partial charge is 0.224 e. The molecule has 26 heavy (non-hydrogen) atoms. The SMILES string of the molecule is CCCCC(C(N)=O)[C@@H](CCCN=C(N)N)C(=O)NCc1ccncc1. The van der Waals surface area contributed by atoms with Crippen molar-refractivity contribution in [2.75, 3.05) is 6.54 Å². The van der Waals surface area contributed by atoms with Gasteiger partial charge in [-0.3, -0.25) is 19.6 Å². The number of carbonyl (C=O) groups excluding carboxylic acids is 2. The molecule has 0 fully saturated rings. The first kappa shape index (κ1) is 21.4. The fourth-order valence-corrected chi connectivity index (χ4v) is 2.82. The lowest BCUT2D eigenvalue weighted by Gasteiger charge is -2.24. The summed E-state index contributed by atoms with van der Waals surface area (Å²) in [6, 6.07) is 3.66. The van der Waals surface area contributed by atoms with Gasteiger partial charge in [0.15, 0.2) is 5.96 Å². The molecular formula is C18H30N6O2. The fraction of sp³-hybridized carbons (Fsp3) is 0.556. The van der Waals surface area contributed by atoms with Gasteiger partial charge in [0.1, 0.15) is 0 Å². The van der Waals surface area contributed by atoms with Crippen LogP contribution in [0, 0.1) is 11.8 Å². The van der Waals surface area contributed by atoms with E-state index in [4.69, 9.17) is 17.2 Å². The number of hydrogen-bond donors (Lipinski definition) is 4. The molecule has 0 aliphatic heterocycles. The zero-order chi connectivity index (χ0) is 19.4. The van der Waals surface area contributed by atoms with Gasteiger partial charge < -0.3 is 22.5 Å². The Morgan fingerprint density at radius 2 is 1.77 bits per heavy atom. The Morgan fingerprint density at radius 1 is 1.12 bits per heavy atom. The third kappa shape index (κ3) is 7.96. The Labute approximate surface area is 154 Å². The summed E-state index contributed by atoms with van der Waals surface area (Å²) in [5, 5.41) is 2.90. The molecule has 0 aromatic carbocycles. The van der Waals surface area contributed by atoms with E-state index in [9.17, 15) is 9.59 Å². The maximum Gasteiger partial charge on any atom is 0.224 e. The standard InChI is InChI=1S/C18H30N6O2/c1-2-3-5-14(16(19)25)15(6-4-9-23-18(20)21)17(26)24-12-13-7-10-22-11-8-13/h7-8,10-11,14-15H,2-6,9,12H2,1H3,(H2,19,25)(H,24,26)(H4,20,21,23)/t14?,15-/m1/s1. The number of nitrogens with two attached hydrogens (primary N) is 3. The summed E-state index contributed by atoms with van der Waals surface area (Å²) >= 11 is 0. The lowest BCUT2D eigenvalue weighted by Crippen LogP contribution is -2.40. The van der Waals surface area contributed by atoms with Crippen LogP contribution in [0.3, 0.4) is 0 Å². The summed E-state index contributed by atoms with van der Waals surface area (Å²) in [5.74, 6) is -1.58. The van der Waals surface area contributed by atoms with Crippen LogP contribution in [0.5, 0.6) is 0 Å². The monoisotopic (exact) mass is 362 g/mol. The molecular weight excluding hydrogens is 332 g/mol. The normalized spacial score (nSPS) is 12.8. The third-order valence-corrected chi connectivity index (χ3v) is 4.24. The highest BCUT2D eigenvalue weighted by Crippen LogP contribution is 2.24. The Bertz CT molecular complexity index is 587. The van der Waals surface area contributed by atoms with Gasteiger partial charge in [0, 0.05) is 37.3 Å². The van der Waals surface area contributed by atoms with E-state index in [1.165, 1.54) is 0 Å². The number of nitrogens with zero attached hydrogens (tertiary/aromatic N) is 2. The average Bonchev–Trinajstić information content (AvgIpc) is 2.62. The number of aliphatic imine (C=N–C) groups is 1. The van der Waals surface area contributed by atoms with E-state index in [-0.39, 0.29) is 11.9 Å². The quantitative estimate of drug-likeness (QED) is 0.245. The molecule has 1 aromatic heterocycles. The first-order valence-electron chi connectivity index (χ1n) is 8.97. The first-order chi connectivity index (χ1) is 12.5. The number of rotatable bonds is 12. The van der Waals surface area contributed by atoms with Crippen LogP contribution in [-0.2, 0) is 16.1 Å². The van der Waals surface area contributed by atoms with Crippen LogP contribution in [0.25, 0.3) is 0 Å². The summed E-state index contributed by atoms with van der Waals surface area (Å²) in [7, 11) is 0. The Hall–Kier alpha value is -2.64. The predicted octanol–water partition coefficient (Wildman–Crippen LogP) is 0.659. The zero-order valence-electron chi connectivity index (χ0n) is 15.4. The molecule has 0 saturated heterocycles. The molecule has 0 bridgehead atoms. The van der Waals surface area contributed by atoms with Crippen molar-refractivity contribution in [3.8, 4) is 0 Å². The Morgan fingerprint density at radius 3 is 2.35 bits per heavy atom. The topological polar surface area (TPSA) is 149 Å². The number of carbonyl (C=O) groups is 2. The maximum atomic E-state index is 12.7. The van der Waals surface area contributed by atoms with Gasteiger partial charge in [-0.2, -0.15) is 0 Å².